The molecule has 1 amide bonds. The van der Waals surface area contributed by atoms with Crippen LogP contribution in [0.5, 0.6) is 0 Å². The molecule has 258 valence electrons. The quantitative estimate of drug-likeness (QED) is 0.177. The number of benzene rings is 2. The number of alkyl halides is 3. The fourth-order valence-corrected chi connectivity index (χ4v) is 8.80. The van der Waals surface area contributed by atoms with Gasteiger partial charge in [0.15, 0.2) is 0 Å². The minimum atomic E-state index is -4.70. The molecule has 48 heavy (non-hydrogen) atoms. The molecule has 9 nitrogen and oxygen atoms in total. The monoisotopic (exact) mass is 685 g/mol. The lowest BCUT2D eigenvalue weighted by Crippen LogP contribution is -2.54. The van der Waals surface area contributed by atoms with E-state index in [2.05, 4.69) is 9.97 Å². The number of carbonyl (C=O) groups excluding carboxylic acids is 1. The van der Waals surface area contributed by atoms with E-state index < -0.39 is 27.5 Å². The Kier molecular flexibility index (Phi) is 10.3. The summed E-state index contributed by atoms with van der Waals surface area (Å²) in [4.78, 5) is 32.7. The number of fused-ring (bicyclic) bond motifs is 3. The fraction of sp³-hybridized carbons (Fsp3) is 0.486. The number of hydrogen-bond acceptors (Lipinski definition) is 4. The first kappa shape index (κ1) is 34.2. The molecule has 2 aromatic carbocycles. The SMILES string of the molecule is O=C(CCCCCCCc1c(-c2ccccc2)[nH]c2ccc3[nH]c(=O)cc(C(F)(F)F)c3c12)N1CCN(S(=O)(=O)N2CCCCC2)CC1. The third kappa shape index (κ3) is 7.32. The van der Waals surface area contributed by atoms with E-state index in [9.17, 15) is 31.2 Å². The summed E-state index contributed by atoms with van der Waals surface area (Å²) in [5.41, 5.74) is 1.42. The number of pyridine rings is 1. The second-order valence-electron chi connectivity index (χ2n) is 12.8. The molecule has 0 aliphatic carbocycles. The van der Waals surface area contributed by atoms with Gasteiger partial charge in [-0.15, -0.1) is 0 Å². The predicted octanol–water partition coefficient (Wildman–Crippen LogP) is 6.45. The first-order chi connectivity index (χ1) is 23.0. The summed E-state index contributed by atoms with van der Waals surface area (Å²) < 4.78 is 71.6. The highest BCUT2D eigenvalue weighted by molar-refractivity contribution is 7.86. The van der Waals surface area contributed by atoms with Gasteiger partial charge >= 0.3 is 6.18 Å². The van der Waals surface area contributed by atoms with Gasteiger partial charge in [-0.3, -0.25) is 9.59 Å². The van der Waals surface area contributed by atoms with Crippen molar-refractivity contribution < 1.29 is 26.4 Å². The van der Waals surface area contributed by atoms with Crippen molar-refractivity contribution in [1.82, 2.24) is 23.5 Å². The number of H-pyrrole nitrogens is 2. The Labute approximate surface area is 278 Å². The number of nitrogens with one attached hydrogen (secondary N) is 2. The summed E-state index contributed by atoms with van der Waals surface area (Å²) in [5.74, 6) is 0.0432. The zero-order valence-corrected chi connectivity index (χ0v) is 27.8. The average molecular weight is 686 g/mol. The van der Waals surface area contributed by atoms with Crippen molar-refractivity contribution in [2.75, 3.05) is 39.3 Å². The summed E-state index contributed by atoms with van der Waals surface area (Å²) in [6, 6.07) is 13.4. The van der Waals surface area contributed by atoms with Crippen molar-refractivity contribution in [3.8, 4) is 11.3 Å². The van der Waals surface area contributed by atoms with E-state index in [0.29, 0.717) is 69.1 Å². The third-order valence-electron chi connectivity index (χ3n) is 9.62. The molecule has 2 aliphatic rings. The predicted molar refractivity (Wildman–Crippen MR) is 181 cm³/mol. The Balaban J connectivity index is 1.05. The maximum Gasteiger partial charge on any atom is 0.417 e. The molecule has 2 aliphatic heterocycles. The maximum atomic E-state index is 14.2. The summed E-state index contributed by atoms with van der Waals surface area (Å²) in [6.45, 7) is 2.57. The van der Waals surface area contributed by atoms with Crippen LogP contribution in [-0.2, 0) is 27.6 Å². The van der Waals surface area contributed by atoms with Gasteiger partial charge in [-0.2, -0.15) is 30.2 Å². The molecule has 2 N–H and O–H groups in total. The van der Waals surface area contributed by atoms with Crippen molar-refractivity contribution in [3.63, 3.8) is 0 Å². The van der Waals surface area contributed by atoms with Crippen molar-refractivity contribution in [2.45, 2.75) is 70.4 Å². The van der Waals surface area contributed by atoms with E-state index >= 15 is 0 Å². The van der Waals surface area contributed by atoms with Gasteiger partial charge in [0.1, 0.15) is 0 Å². The molecule has 0 saturated carbocycles. The molecule has 6 rings (SSSR count). The highest BCUT2D eigenvalue weighted by Crippen LogP contribution is 2.41. The molecule has 2 aromatic heterocycles. The molecular formula is C35H42F3N5O4S. The standard InChI is InChI=1S/C35H42F3N5O4S/c36-35(37,38)27-24-30(44)39-29-17-16-28-32(33(27)29)26(34(40-28)25-12-6-4-7-13-25)14-8-2-1-3-9-15-31(45)41-20-22-43(23-21-41)48(46,47)42-18-10-5-11-19-42/h4,6-7,12-13,16-17,24,40H,1-3,5,8-11,14-15,18-23H2,(H,39,44). The van der Waals surface area contributed by atoms with Crippen LogP contribution in [0, 0.1) is 0 Å². The molecule has 0 radical (unpaired) electrons. The number of aryl methyl sites for hydroxylation is 1. The first-order valence-electron chi connectivity index (χ1n) is 16.9. The normalized spacial score (nSPS) is 17.0. The fourth-order valence-electron chi connectivity index (χ4n) is 7.13. The van der Waals surface area contributed by atoms with E-state index in [1.54, 1.807) is 15.3 Å². The zero-order valence-electron chi connectivity index (χ0n) is 26.9. The largest absolute Gasteiger partial charge is 0.417 e. The number of rotatable bonds is 11. The Morgan fingerprint density at radius 3 is 2.06 bits per heavy atom. The second-order valence-corrected chi connectivity index (χ2v) is 14.7. The number of nitrogens with zero attached hydrogens (tertiary/aromatic N) is 3. The van der Waals surface area contributed by atoms with E-state index in [4.69, 9.17) is 0 Å². The molecule has 0 bridgehead atoms. The van der Waals surface area contributed by atoms with Gasteiger partial charge in [0, 0.05) is 79.3 Å². The molecule has 0 atom stereocenters. The molecule has 4 heterocycles. The number of aromatic amines is 2. The van der Waals surface area contributed by atoms with E-state index in [1.807, 2.05) is 30.3 Å². The third-order valence-corrected chi connectivity index (χ3v) is 11.7. The molecule has 0 unspecified atom stereocenters. The van der Waals surface area contributed by atoms with Gasteiger partial charge in [-0.1, -0.05) is 56.0 Å². The Bertz CT molecular complexity index is 1910. The number of piperidine rings is 1. The van der Waals surface area contributed by atoms with Crippen molar-refractivity contribution in [2.24, 2.45) is 0 Å². The van der Waals surface area contributed by atoms with Crippen LogP contribution < -0.4 is 5.56 Å². The van der Waals surface area contributed by atoms with Crippen LogP contribution in [0.25, 0.3) is 33.1 Å². The molecule has 0 spiro atoms. The summed E-state index contributed by atoms with van der Waals surface area (Å²) >= 11 is 0. The van der Waals surface area contributed by atoms with Gasteiger partial charge in [0.05, 0.1) is 5.56 Å². The van der Waals surface area contributed by atoms with Crippen LogP contribution in [-0.4, -0.2) is 77.1 Å². The number of halogens is 3. The lowest BCUT2D eigenvalue weighted by atomic mass is 9.95. The summed E-state index contributed by atoms with van der Waals surface area (Å²) in [6.07, 6.45) is 3.12. The highest BCUT2D eigenvalue weighted by atomic mass is 32.2. The van der Waals surface area contributed by atoms with Crippen LogP contribution in [0.1, 0.15) is 68.9 Å². The topological polar surface area (TPSA) is 110 Å². The van der Waals surface area contributed by atoms with Crippen LogP contribution in [0.15, 0.2) is 53.3 Å². The lowest BCUT2D eigenvalue weighted by Gasteiger charge is -2.37. The van der Waals surface area contributed by atoms with Gasteiger partial charge in [0.25, 0.3) is 10.2 Å². The van der Waals surface area contributed by atoms with Crippen LogP contribution >= 0.6 is 0 Å². The van der Waals surface area contributed by atoms with Gasteiger partial charge < -0.3 is 14.9 Å². The number of carbonyl (C=O) groups is 1. The number of hydrogen-bond donors (Lipinski definition) is 2. The zero-order chi connectivity index (χ0) is 33.9. The first-order valence-corrected chi connectivity index (χ1v) is 18.3. The smallest absolute Gasteiger partial charge is 0.354 e. The molecule has 13 heteroatoms. The van der Waals surface area contributed by atoms with Crippen molar-refractivity contribution in [3.05, 3.63) is 70.0 Å². The Morgan fingerprint density at radius 2 is 1.38 bits per heavy atom. The highest BCUT2D eigenvalue weighted by Gasteiger charge is 2.35. The van der Waals surface area contributed by atoms with Gasteiger partial charge in [-0.05, 0) is 55.4 Å². The number of aromatic nitrogens is 2. The molecular weight excluding hydrogens is 643 g/mol. The summed E-state index contributed by atoms with van der Waals surface area (Å²) in [5, 5.41) is 0.473. The van der Waals surface area contributed by atoms with Crippen molar-refractivity contribution in [1.29, 1.82) is 0 Å². The number of unbranched alkanes of at least 4 members (excludes halogenated alkanes) is 4. The average Bonchev–Trinajstić information content (AvgIpc) is 3.46. The van der Waals surface area contributed by atoms with Gasteiger partial charge in [-0.25, -0.2) is 0 Å². The van der Waals surface area contributed by atoms with Crippen LogP contribution in [0.4, 0.5) is 13.2 Å². The summed E-state index contributed by atoms with van der Waals surface area (Å²) in [7, 11) is -3.47. The maximum absolute atomic E-state index is 14.2. The number of amides is 1. The van der Waals surface area contributed by atoms with Crippen molar-refractivity contribution >= 4 is 37.9 Å². The molecule has 2 saturated heterocycles. The number of piperazine rings is 1. The lowest BCUT2D eigenvalue weighted by molar-refractivity contribution is -0.136. The second kappa shape index (κ2) is 14.4. The Morgan fingerprint density at radius 1 is 0.750 bits per heavy atom. The van der Waals surface area contributed by atoms with E-state index in [1.165, 1.54) is 10.4 Å². The van der Waals surface area contributed by atoms with Crippen LogP contribution in [0.2, 0.25) is 0 Å². The Hall–Kier alpha value is -3.68. The van der Waals surface area contributed by atoms with Crippen LogP contribution in [0.3, 0.4) is 0 Å². The minimum Gasteiger partial charge on any atom is -0.354 e. The molecule has 4 aromatic rings. The minimum absolute atomic E-state index is 0.00327. The van der Waals surface area contributed by atoms with Gasteiger partial charge in [0.2, 0.25) is 11.5 Å². The van der Waals surface area contributed by atoms with E-state index in [-0.39, 0.29) is 16.8 Å². The van der Waals surface area contributed by atoms with E-state index in [0.717, 1.165) is 68.2 Å². The molecule has 2 fully saturated rings.